The average molecular weight is 315 g/mol. The highest BCUT2D eigenvalue weighted by atomic mass is 16.6. The topological polar surface area (TPSA) is 53.1 Å². The van der Waals surface area contributed by atoms with E-state index in [1.165, 1.54) is 11.3 Å². The Balaban J connectivity index is 1.69. The molecule has 122 valence electrons. The first-order valence-corrected chi connectivity index (χ1v) is 8.19. The molecular weight excluding hydrogens is 294 g/mol. The molecule has 1 saturated heterocycles. The second kappa shape index (κ2) is 5.15. The molecule has 4 rings (SSSR count). The Bertz CT molecular complexity index is 675. The number of ether oxygens (including phenoxy) is 1. The number of hydrogen-bond donors (Lipinski definition) is 0. The van der Waals surface area contributed by atoms with Gasteiger partial charge in [0.1, 0.15) is 0 Å². The van der Waals surface area contributed by atoms with Gasteiger partial charge in [0.2, 0.25) is 5.91 Å². The van der Waals surface area contributed by atoms with Gasteiger partial charge >= 0.3 is 6.09 Å². The first-order chi connectivity index (χ1) is 11.1. The van der Waals surface area contributed by atoms with Crippen LogP contribution in [0.1, 0.15) is 24.8 Å². The SMILES string of the molecule is CCOC(=O)N1CC[C@H]2[C@H](C1)c1cccc3c1N2CC(=O)N3C. The first-order valence-electron chi connectivity index (χ1n) is 8.19. The van der Waals surface area contributed by atoms with Crippen molar-refractivity contribution in [2.75, 3.05) is 43.1 Å². The number of rotatable bonds is 1. The fraction of sp³-hybridized carbons (Fsp3) is 0.529. The van der Waals surface area contributed by atoms with Gasteiger partial charge in [0.25, 0.3) is 0 Å². The summed E-state index contributed by atoms with van der Waals surface area (Å²) in [4.78, 5) is 30.1. The van der Waals surface area contributed by atoms with Crippen LogP contribution in [0.2, 0.25) is 0 Å². The molecule has 3 aliphatic heterocycles. The summed E-state index contributed by atoms with van der Waals surface area (Å²) in [5, 5.41) is 0. The molecule has 2 atom stereocenters. The van der Waals surface area contributed by atoms with Crippen molar-refractivity contribution in [2.24, 2.45) is 0 Å². The maximum absolute atomic E-state index is 12.3. The molecule has 1 fully saturated rings. The lowest BCUT2D eigenvalue weighted by atomic mass is 9.89. The van der Waals surface area contributed by atoms with E-state index in [9.17, 15) is 9.59 Å². The van der Waals surface area contributed by atoms with Gasteiger partial charge in [-0.15, -0.1) is 0 Å². The quantitative estimate of drug-likeness (QED) is 0.793. The molecule has 0 saturated carbocycles. The van der Waals surface area contributed by atoms with E-state index < -0.39 is 0 Å². The molecule has 0 unspecified atom stereocenters. The maximum Gasteiger partial charge on any atom is 0.409 e. The number of nitrogens with zero attached hydrogens (tertiary/aromatic N) is 3. The second-order valence-corrected chi connectivity index (χ2v) is 6.40. The van der Waals surface area contributed by atoms with Crippen molar-refractivity contribution in [3.05, 3.63) is 23.8 Å². The van der Waals surface area contributed by atoms with Gasteiger partial charge in [0, 0.05) is 32.1 Å². The molecule has 0 spiro atoms. The van der Waals surface area contributed by atoms with Crippen LogP contribution in [-0.2, 0) is 9.53 Å². The van der Waals surface area contributed by atoms with Crippen LogP contribution < -0.4 is 9.80 Å². The van der Waals surface area contributed by atoms with Gasteiger partial charge < -0.3 is 19.4 Å². The summed E-state index contributed by atoms with van der Waals surface area (Å²) >= 11 is 0. The molecule has 6 heteroatoms. The van der Waals surface area contributed by atoms with Gasteiger partial charge in [-0.25, -0.2) is 4.79 Å². The van der Waals surface area contributed by atoms with E-state index in [0.29, 0.717) is 32.3 Å². The van der Waals surface area contributed by atoms with Crippen molar-refractivity contribution < 1.29 is 14.3 Å². The molecule has 0 aromatic heterocycles. The van der Waals surface area contributed by atoms with E-state index in [4.69, 9.17) is 4.74 Å². The number of hydrogen-bond acceptors (Lipinski definition) is 4. The van der Waals surface area contributed by atoms with Gasteiger partial charge in [-0.3, -0.25) is 4.79 Å². The highest BCUT2D eigenvalue weighted by molar-refractivity contribution is 6.04. The van der Waals surface area contributed by atoms with E-state index in [0.717, 1.165) is 12.1 Å². The van der Waals surface area contributed by atoms with E-state index in [2.05, 4.69) is 11.0 Å². The Kier molecular flexibility index (Phi) is 3.21. The minimum absolute atomic E-state index is 0.128. The molecule has 2 amide bonds. The smallest absolute Gasteiger partial charge is 0.409 e. The van der Waals surface area contributed by atoms with E-state index in [1.807, 2.05) is 26.1 Å². The number of piperidine rings is 1. The van der Waals surface area contributed by atoms with Gasteiger partial charge in [-0.05, 0) is 25.0 Å². The monoisotopic (exact) mass is 315 g/mol. The third-order valence-electron chi connectivity index (χ3n) is 5.28. The van der Waals surface area contributed by atoms with Gasteiger partial charge in [0.05, 0.1) is 24.5 Å². The second-order valence-electron chi connectivity index (χ2n) is 6.40. The van der Waals surface area contributed by atoms with Crippen LogP contribution >= 0.6 is 0 Å². The first kappa shape index (κ1) is 14.4. The van der Waals surface area contributed by atoms with E-state index in [1.54, 1.807) is 9.80 Å². The predicted molar refractivity (Wildman–Crippen MR) is 86.9 cm³/mol. The molecule has 6 nitrogen and oxygen atoms in total. The Hall–Kier alpha value is -2.24. The Morgan fingerprint density at radius 1 is 1.39 bits per heavy atom. The van der Waals surface area contributed by atoms with Crippen molar-refractivity contribution in [3.63, 3.8) is 0 Å². The highest BCUT2D eigenvalue weighted by Crippen LogP contribution is 2.50. The summed E-state index contributed by atoms with van der Waals surface area (Å²) < 4.78 is 5.15. The summed E-state index contributed by atoms with van der Waals surface area (Å²) in [5.41, 5.74) is 3.41. The zero-order valence-corrected chi connectivity index (χ0v) is 13.5. The van der Waals surface area contributed by atoms with Crippen molar-refractivity contribution in [1.82, 2.24) is 4.90 Å². The van der Waals surface area contributed by atoms with Crippen molar-refractivity contribution in [1.29, 1.82) is 0 Å². The Morgan fingerprint density at radius 2 is 2.22 bits per heavy atom. The largest absolute Gasteiger partial charge is 0.450 e. The molecular formula is C17H21N3O3. The fourth-order valence-electron chi connectivity index (χ4n) is 4.18. The maximum atomic E-state index is 12.3. The summed E-state index contributed by atoms with van der Waals surface area (Å²) in [6.07, 6.45) is 0.638. The van der Waals surface area contributed by atoms with E-state index in [-0.39, 0.29) is 17.9 Å². The summed E-state index contributed by atoms with van der Waals surface area (Å²) in [6, 6.07) is 6.44. The van der Waals surface area contributed by atoms with Gasteiger partial charge in [-0.1, -0.05) is 12.1 Å². The third-order valence-corrected chi connectivity index (χ3v) is 5.28. The summed E-state index contributed by atoms with van der Waals surface area (Å²) in [6.45, 7) is 4.00. The molecule has 0 bridgehead atoms. The Labute approximate surface area is 135 Å². The average Bonchev–Trinajstić information content (AvgIpc) is 2.87. The minimum atomic E-state index is -0.231. The summed E-state index contributed by atoms with van der Waals surface area (Å²) in [7, 11) is 1.84. The lowest BCUT2D eigenvalue weighted by Gasteiger charge is -2.40. The van der Waals surface area contributed by atoms with Crippen LogP contribution in [-0.4, -0.2) is 56.2 Å². The van der Waals surface area contributed by atoms with Crippen molar-refractivity contribution >= 4 is 23.4 Å². The van der Waals surface area contributed by atoms with Crippen LogP contribution in [0, 0.1) is 0 Å². The molecule has 0 N–H and O–H groups in total. The predicted octanol–water partition coefficient (Wildman–Crippen LogP) is 1.80. The molecule has 0 aliphatic carbocycles. The highest BCUT2D eigenvalue weighted by Gasteiger charge is 2.47. The fourth-order valence-corrected chi connectivity index (χ4v) is 4.18. The molecule has 3 heterocycles. The number of fused-ring (bicyclic) bond motifs is 3. The zero-order valence-electron chi connectivity index (χ0n) is 13.5. The lowest BCUT2D eigenvalue weighted by Crippen LogP contribution is -2.52. The number of anilines is 2. The van der Waals surface area contributed by atoms with Gasteiger partial charge in [0.15, 0.2) is 0 Å². The number of para-hydroxylation sites is 1. The van der Waals surface area contributed by atoms with E-state index >= 15 is 0 Å². The van der Waals surface area contributed by atoms with Crippen molar-refractivity contribution in [3.8, 4) is 0 Å². The Morgan fingerprint density at radius 3 is 3.00 bits per heavy atom. The molecule has 1 aromatic carbocycles. The number of amides is 2. The number of likely N-dealkylation sites (tertiary alicyclic amines) is 1. The third kappa shape index (κ3) is 2.00. The molecule has 1 aromatic rings. The van der Waals surface area contributed by atoms with Crippen LogP contribution in [0.4, 0.5) is 16.2 Å². The van der Waals surface area contributed by atoms with Gasteiger partial charge in [-0.2, -0.15) is 0 Å². The normalized spacial score (nSPS) is 25.3. The van der Waals surface area contributed by atoms with Crippen molar-refractivity contribution in [2.45, 2.75) is 25.3 Å². The standard InChI is InChI=1S/C17H21N3O3/c1-3-23-17(22)19-8-7-13-12(9-19)11-5-4-6-14-16(11)20(13)10-15(21)18(14)2/h4-6,12-13H,3,7-10H2,1-2H3/t12-,13+/m1/s1. The number of benzene rings is 1. The van der Waals surface area contributed by atoms with Crippen LogP contribution in [0.15, 0.2) is 18.2 Å². The molecule has 23 heavy (non-hydrogen) atoms. The van der Waals surface area contributed by atoms with Crippen LogP contribution in [0.25, 0.3) is 0 Å². The lowest BCUT2D eigenvalue weighted by molar-refractivity contribution is -0.117. The number of carbonyl (C=O) groups is 2. The minimum Gasteiger partial charge on any atom is -0.450 e. The molecule has 3 aliphatic rings. The van der Waals surface area contributed by atoms with Crippen LogP contribution in [0.5, 0.6) is 0 Å². The zero-order chi connectivity index (χ0) is 16.1. The van der Waals surface area contributed by atoms with Crippen LogP contribution in [0.3, 0.4) is 0 Å². The summed E-state index contributed by atoms with van der Waals surface area (Å²) in [5.74, 6) is 0.380. The number of likely N-dealkylation sites (N-methyl/N-ethyl adjacent to an activating group) is 1. The molecule has 0 radical (unpaired) electrons. The number of carbonyl (C=O) groups excluding carboxylic acids is 2.